The number of carbonyl (C=O) groups is 2. The van der Waals surface area contributed by atoms with Crippen molar-refractivity contribution >= 4 is 23.4 Å². The zero-order chi connectivity index (χ0) is 24.5. The van der Waals surface area contributed by atoms with E-state index >= 15 is 0 Å². The molecular weight excluding hydrogens is 438 g/mol. The van der Waals surface area contributed by atoms with Gasteiger partial charge in [-0.2, -0.15) is 0 Å². The molecule has 0 aromatic heterocycles. The van der Waals surface area contributed by atoms with Crippen LogP contribution in [0, 0.1) is 0 Å². The van der Waals surface area contributed by atoms with Gasteiger partial charge in [0.2, 0.25) is 0 Å². The molecule has 0 spiro atoms. The molecule has 3 aromatic carbocycles. The van der Waals surface area contributed by atoms with Crippen molar-refractivity contribution in [2.45, 2.75) is 38.4 Å². The lowest BCUT2D eigenvalue weighted by Gasteiger charge is -2.32. The molecule has 1 aliphatic heterocycles. The first-order valence-electron chi connectivity index (χ1n) is 12.1. The van der Waals surface area contributed by atoms with E-state index in [1.54, 1.807) is 0 Å². The van der Waals surface area contributed by atoms with Gasteiger partial charge in [-0.1, -0.05) is 60.7 Å². The summed E-state index contributed by atoms with van der Waals surface area (Å²) in [5.74, 6) is 0. The van der Waals surface area contributed by atoms with Gasteiger partial charge in [0.15, 0.2) is 0 Å². The van der Waals surface area contributed by atoms with Crippen LogP contribution in [0.4, 0.5) is 21.0 Å². The molecular formula is C28H33N5O2. The number of anilines is 2. The summed E-state index contributed by atoms with van der Waals surface area (Å²) in [6.45, 7) is 4.85. The predicted molar refractivity (Wildman–Crippen MR) is 140 cm³/mol. The van der Waals surface area contributed by atoms with E-state index in [4.69, 9.17) is 0 Å². The first-order chi connectivity index (χ1) is 17.0. The van der Waals surface area contributed by atoms with Crippen molar-refractivity contribution in [1.29, 1.82) is 0 Å². The number of hydrogen-bond donors (Lipinski definition) is 4. The molecule has 0 saturated carbocycles. The van der Waals surface area contributed by atoms with Gasteiger partial charge >= 0.3 is 12.1 Å². The summed E-state index contributed by atoms with van der Waals surface area (Å²) >= 11 is 0. The molecule has 1 aliphatic rings. The van der Waals surface area contributed by atoms with Crippen LogP contribution in [0.5, 0.6) is 0 Å². The molecule has 0 bridgehead atoms. The zero-order valence-corrected chi connectivity index (χ0v) is 20.0. The van der Waals surface area contributed by atoms with Gasteiger partial charge in [0, 0.05) is 37.1 Å². The SMILES string of the molecule is C[C@H](NC(=O)NC1CCN(Cc2ccccc2)CC1)c1ccc(NC(=O)Nc2ccccc2)cc1. The first kappa shape index (κ1) is 24.3. The van der Waals surface area contributed by atoms with Crippen molar-refractivity contribution in [3.63, 3.8) is 0 Å². The van der Waals surface area contributed by atoms with Gasteiger partial charge in [-0.05, 0) is 55.2 Å². The van der Waals surface area contributed by atoms with Crippen molar-refractivity contribution in [2.24, 2.45) is 0 Å². The molecule has 4 N–H and O–H groups in total. The largest absolute Gasteiger partial charge is 0.335 e. The molecule has 1 atom stereocenters. The number of carbonyl (C=O) groups excluding carboxylic acids is 2. The van der Waals surface area contributed by atoms with Gasteiger partial charge in [0.1, 0.15) is 0 Å². The molecule has 1 saturated heterocycles. The molecule has 7 nitrogen and oxygen atoms in total. The third-order valence-corrected chi connectivity index (χ3v) is 6.22. The maximum Gasteiger partial charge on any atom is 0.323 e. The summed E-state index contributed by atoms with van der Waals surface area (Å²) in [6, 6.07) is 26.8. The minimum absolute atomic E-state index is 0.150. The Kier molecular flexibility index (Phi) is 8.35. The van der Waals surface area contributed by atoms with Crippen LogP contribution in [0.3, 0.4) is 0 Å². The number of amides is 4. The summed E-state index contributed by atoms with van der Waals surface area (Å²) in [4.78, 5) is 27.1. The number of hydrogen-bond acceptors (Lipinski definition) is 3. The molecule has 4 amide bonds. The number of rotatable bonds is 7. The van der Waals surface area contributed by atoms with E-state index in [1.807, 2.05) is 67.6 Å². The summed E-state index contributed by atoms with van der Waals surface area (Å²) in [5, 5.41) is 11.8. The van der Waals surface area contributed by atoms with Crippen LogP contribution in [-0.2, 0) is 6.54 Å². The molecule has 0 aliphatic carbocycles. The van der Waals surface area contributed by atoms with Crippen LogP contribution < -0.4 is 21.3 Å². The van der Waals surface area contributed by atoms with Gasteiger partial charge in [-0.3, -0.25) is 4.90 Å². The lowest BCUT2D eigenvalue weighted by molar-refractivity contribution is 0.186. The Hall–Kier alpha value is -3.84. The Labute approximate surface area is 206 Å². The third-order valence-electron chi connectivity index (χ3n) is 6.22. The number of nitrogens with one attached hydrogen (secondary N) is 4. The highest BCUT2D eigenvalue weighted by Crippen LogP contribution is 2.18. The molecule has 0 radical (unpaired) electrons. The zero-order valence-electron chi connectivity index (χ0n) is 20.0. The average Bonchev–Trinajstić information content (AvgIpc) is 2.87. The van der Waals surface area contributed by atoms with Crippen molar-refractivity contribution in [3.05, 3.63) is 96.1 Å². The normalized spacial score (nSPS) is 15.1. The number of benzene rings is 3. The Morgan fingerprint density at radius 1 is 0.800 bits per heavy atom. The second-order valence-corrected chi connectivity index (χ2v) is 8.94. The predicted octanol–water partition coefficient (Wildman–Crippen LogP) is 5.36. The van der Waals surface area contributed by atoms with Gasteiger partial charge in [0.25, 0.3) is 0 Å². The minimum atomic E-state index is -0.302. The minimum Gasteiger partial charge on any atom is -0.335 e. The Bertz CT molecular complexity index is 1080. The summed E-state index contributed by atoms with van der Waals surface area (Å²) < 4.78 is 0. The molecule has 4 rings (SSSR count). The third kappa shape index (κ3) is 7.58. The molecule has 1 heterocycles. The monoisotopic (exact) mass is 471 g/mol. The number of likely N-dealkylation sites (tertiary alicyclic amines) is 1. The van der Waals surface area contributed by atoms with Gasteiger partial charge in [-0.15, -0.1) is 0 Å². The van der Waals surface area contributed by atoms with Crippen LogP contribution in [-0.4, -0.2) is 36.1 Å². The second-order valence-electron chi connectivity index (χ2n) is 8.94. The fourth-order valence-electron chi connectivity index (χ4n) is 4.25. The van der Waals surface area contributed by atoms with Crippen LogP contribution in [0.1, 0.15) is 36.9 Å². The van der Waals surface area contributed by atoms with Crippen LogP contribution in [0.2, 0.25) is 0 Å². The van der Waals surface area contributed by atoms with E-state index in [0.717, 1.165) is 43.7 Å². The van der Waals surface area contributed by atoms with E-state index in [1.165, 1.54) is 5.56 Å². The lowest BCUT2D eigenvalue weighted by Crippen LogP contribution is -2.48. The summed E-state index contributed by atoms with van der Waals surface area (Å²) in [5.41, 5.74) is 3.70. The van der Waals surface area contributed by atoms with Crippen LogP contribution in [0.15, 0.2) is 84.9 Å². The number of urea groups is 2. The highest BCUT2D eigenvalue weighted by molar-refractivity contribution is 5.99. The van der Waals surface area contributed by atoms with Crippen molar-refractivity contribution in [1.82, 2.24) is 15.5 Å². The van der Waals surface area contributed by atoms with Crippen LogP contribution in [0.25, 0.3) is 0 Å². The fraction of sp³-hybridized carbons (Fsp3) is 0.286. The number of piperidine rings is 1. The van der Waals surface area contributed by atoms with E-state index in [-0.39, 0.29) is 24.1 Å². The topological polar surface area (TPSA) is 85.5 Å². The summed E-state index contributed by atoms with van der Waals surface area (Å²) in [7, 11) is 0. The fourth-order valence-corrected chi connectivity index (χ4v) is 4.25. The maximum absolute atomic E-state index is 12.6. The van der Waals surface area contributed by atoms with Gasteiger partial charge in [-0.25, -0.2) is 9.59 Å². The average molecular weight is 472 g/mol. The summed E-state index contributed by atoms with van der Waals surface area (Å²) in [6.07, 6.45) is 1.89. The van der Waals surface area contributed by atoms with Gasteiger partial charge in [0.05, 0.1) is 6.04 Å². The standard InChI is InChI=1S/C28H33N5O2/c1-21(23-12-14-25(15-13-23)31-28(35)30-24-10-6-3-7-11-24)29-27(34)32-26-16-18-33(19-17-26)20-22-8-4-2-5-9-22/h2-15,21,26H,16-20H2,1H3,(H2,29,32,34)(H2,30,31,35)/t21-/m0/s1. The first-order valence-corrected chi connectivity index (χ1v) is 12.1. The Morgan fingerprint density at radius 3 is 2.00 bits per heavy atom. The Morgan fingerprint density at radius 2 is 1.37 bits per heavy atom. The second kappa shape index (κ2) is 12.0. The van der Waals surface area contributed by atoms with Crippen molar-refractivity contribution in [2.75, 3.05) is 23.7 Å². The molecule has 7 heteroatoms. The van der Waals surface area contributed by atoms with Crippen molar-refractivity contribution < 1.29 is 9.59 Å². The molecule has 3 aromatic rings. The van der Waals surface area contributed by atoms with Crippen molar-refractivity contribution in [3.8, 4) is 0 Å². The molecule has 1 fully saturated rings. The highest BCUT2D eigenvalue weighted by Gasteiger charge is 2.21. The van der Waals surface area contributed by atoms with E-state index in [9.17, 15) is 9.59 Å². The number of para-hydroxylation sites is 1. The lowest BCUT2D eigenvalue weighted by atomic mass is 10.0. The smallest absolute Gasteiger partial charge is 0.323 e. The number of nitrogens with zero attached hydrogens (tertiary/aromatic N) is 1. The molecule has 182 valence electrons. The molecule has 0 unspecified atom stereocenters. The molecule has 35 heavy (non-hydrogen) atoms. The maximum atomic E-state index is 12.6. The Balaban J connectivity index is 1.18. The van der Waals surface area contributed by atoms with Gasteiger partial charge < -0.3 is 21.3 Å². The van der Waals surface area contributed by atoms with E-state index in [2.05, 4.69) is 50.4 Å². The van der Waals surface area contributed by atoms with Crippen LogP contribution >= 0.6 is 0 Å². The quantitative estimate of drug-likeness (QED) is 0.374. The van der Waals surface area contributed by atoms with E-state index in [0.29, 0.717) is 5.69 Å². The van der Waals surface area contributed by atoms with E-state index < -0.39 is 0 Å². The highest BCUT2D eigenvalue weighted by atomic mass is 16.2.